The van der Waals surface area contributed by atoms with Crippen molar-refractivity contribution in [2.45, 2.75) is 6.54 Å². The fourth-order valence-electron chi connectivity index (χ4n) is 2.69. The van der Waals surface area contributed by atoms with E-state index in [1.54, 1.807) is 0 Å². The number of nitrogens with zero attached hydrogens (tertiary/aromatic N) is 4. The van der Waals surface area contributed by atoms with Crippen LogP contribution in [0.5, 0.6) is 0 Å². The lowest BCUT2D eigenvalue weighted by molar-refractivity contribution is 0.0342. The Hall–Kier alpha value is -2.69. The average Bonchev–Trinajstić information content (AvgIpc) is 2.56. The molecular formula is C16H18N6O. The molecule has 4 N–H and O–H groups in total. The molecule has 0 aliphatic carbocycles. The van der Waals surface area contributed by atoms with Crippen molar-refractivity contribution < 1.29 is 4.74 Å². The summed E-state index contributed by atoms with van der Waals surface area (Å²) >= 11 is 0. The number of ether oxygens (including phenoxy) is 1. The van der Waals surface area contributed by atoms with Crippen LogP contribution in [0, 0.1) is 11.3 Å². The van der Waals surface area contributed by atoms with Gasteiger partial charge in [-0.15, -0.1) is 0 Å². The van der Waals surface area contributed by atoms with Gasteiger partial charge in [-0.3, -0.25) is 4.90 Å². The van der Waals surface area contributed by atoms with Crippen LogP contribution >= 0.6 is 0 Å². The van der Waals surface area contributed by atoms with Crippen LogP contribution in [0.3, 0.4) is 0 Å². The maximum atomic E-state index is 9.39. The fraction of sp³-hybridized carbons (Fsp3) is 0.312. The van der Waals surface area contributed by atoms with Crippen LogP contribution in [0.1, 0.15) is 11.1 Å². The first-order valence-corrected chi connectivity index (χ1v) is 7.40. The summed E-state index contributed by atoms with van der Waals surface area (Å²) in [5.74, 6) is 0.175. The molecule has 0 spiro atoms. The van der Waals surface area contributed by atoms with Gasteiger partial charge in [-0.1, -0.05) is 24.3 Å². The third kappa shape index (κ3) is 3.23. The molecule has 3 rings (SSSR count). The predicted molar refractivity (Wildman–Crippen MR) is 87.1 cm³/mol. The van der Waals surface area contributed by atoms with E-state index in [1.165, 1.54) is 0 Å². The van der Waals surface area contributed by atoms with Crippen LogP contribution in [0.25, 0.3) is 11.3 Å². The van der Waals surface area contributed by atoms with E-state index in [0.717, 1.165) is 44.0 Å². The number of nitriles is 1. The lowest BCUT2D eigenvalue weighted by atomic mass is 10.0. The summed E-state index contributed by atoms with van der Waals surface area (Å²) in [5.41, 5.74) is 14.2. The number of hydrogen-bond donors (Lipinski definition) is 2. The van der Waals surface area contributed by atoms with E-state index in [2.05, 4.69) is 20.9 Å². The van der Waals surface area contributed by atoms with Crippen LogP contribution in [0.4, 0.5) is 11.8 Å². The Morgan fingerprint density at radius 2 is 1.91 bits per heavy atom. The molecule has 0 saturated carbocycles. The minimum Gasteiger partial charge on any atom is -0.382 e. The molecule has 0 atom stereocenters. The molecule has 2 heterocycles. The van der Waals surface area contributed by atoms with Crippen molar-refractivity contribution in [1.82, 2.24) is 14.9 Å². The summed E-state index contributed by atoms with van der Waals surface area (Å²) in [6.45, 7) is 3.99. The van der Waals surface area contributed by atoms with Crippen LogP contribution in [0.2, 0.25) is 0 Å². The maximum Gasteiger partial charge on any atom is 0.222 e. The number of nitrogen functional groups attached to an aromatic ring is 2. The normalized spacial score (nSPS) is 15.3. The summed E-state index contributed by atoms with van der Waals surface area (Å²) in [6.07, 6.45) is 0. The fourth-order valence-corrected chi connectivity index (χ4v) is 2.69. The second-order valence-electron chi connectivity index (χ2n) is 5.35. The molecule has 1 saturated heterocycles. The van der Waals surface area contributed by atoms with E-state index in [9.17, 15) is 5.26 Å². The van der Waals surface area contributed by atoms with Gasteiger partial charge in [-0.2, -0.15) is 10.2 Å². The molecule has 0 bridgehead atoms. The molecule has 1 aliphatic rings. The van der Waals surface area contributed by atoms with Crippen molar-refractivity contribution in [3.05, 3.63) is 35.4 Å². The van der Waals surface area contributed by atoms with E-state index < -0.39 is 0 Å². The summed E-state index contributed by atoms with van der Waals surface area (Å²) in [6, 6.07) is 9.92. The molecule has 1 aliphatic heterocycles. The van der Waals surface area contributed by atoms with Gasteiger partial charge in [-0.05, 0) is 5.56 Å². The minimum atomic E-state index is 0.0673. The molecule has 1 aromatic carbocycles. The second-order valence-corrected chi connectivity index (χ2v) is 5.35. The summed E-state index contributed by atoms with van der Waals surface area (Å²) in [4.78, 5) is 10.4. The number of aromatic nitrogens is 2. The molecule has 1 fully saturated rings. The Bertz CT molecular complexity index is 749. The molecular weight excluding hydrogens is 292 g/mol. The smallest absolute Gasteiger partial charge is 0.222 e. The quantitative estimate of drug-likeness (QED) is 0.869. The number of morpholine rings is 1. The maximum absolute atomic E-state index is 9.39. The molecule has 0 unspecified atom stereocenters. The van der Waals surface area contributed by atoms with Gasteiger partial charge in [-0.25, -0.2) is 4.98 Å². The zero-order chi connectivity index (χ0) is 16.2. The minimum absolute atomic E-state index is 0.0673. The van der Waals surface area contributed by atoms with Crippen molar-refractivity contribution in [1.29, 1.82) is 5.26 Å². The number of hydrogen-bond acceptors (Lipinski definition) is 7. The van der Waals surface area contributed by atoms with Gasteiger partial charge in [0.2, 0.25) is 5.95 Å². The zero-order valence-corrected chi connectivity index (χ0v) is 12.7. The van der Waals surface area contributed by atoms with Crippen molar-refractivity contribution in [3.8, 4) is 17.3 Å². The number of benzene rings is 1. The van der Waals surface area contributed by atoms with Crippen LogP contribution in [0.15, 0.2) is 24.3 Å². The summed E-state index contributed by atoms with van der Waals surface area (Å²) in [5, 5.41) is 9.39. The van der Waals surface area contributed by atoms with E-state index in [4.69, 9.17) is 16.2 Å². The third-order valence-corrected chi connectivity index (χ3v) is 3.84. The number of anilines is 2. The highest BCUT2D eigenvalue weighted by Crippen LogP contribution is 2.29. The Labute approximate surface area is 134 Å². The monoisotopic (exact) mass is 310 g/mol. The Kier molecular flexibility index (Phi) is 4.37. The van der Waals surface area contributed by atoms with Gasteiger partial charge < -0.3 is 16.2 Å². The summed E-state index contributed by atoms with van der Waals surface area (Å²) < 4.78 is 5.38. The molecule has 0 amide bonds. The van der Waals surface area contributed by atoms with Gasteiger partial charge >= 0.3 is 0 Å². The molecule has 0 radical (unpaired) electrons. The lowest BCUT2D eigenvalue weighted by Crippen LogP contribution is -2.35. The Balaban J connectivity index is 2.02. The molecule has 7 heteroatoms. The largest absolute Gasteiger partial charge is 0.382 e. The van der Waals surface area contributed by atoms with Gasteiger partial charge in [0.25, 0.3) is 0 Å². The Morgan fingerprint density at radius 1 is 1.17 bits per heavy atom. The van der Waals surface area contributed by atoms with Crippen LogP contribution in [-0.4, -0.2) is 41.2 Å². The molecule has 7 nitrogen and oxygen atoms in total. The van der Waals surface area contributed by atoms with Crippen molar-refractivity contribution in [3.63, 3.8) is 0 Å². The first-order valence-electron chi connectivity index (χ1n) is 7.40. The third-order valence-electron chi connectivity index (χ3n) is 3.84. The van der Waals surface area contributed by atoms with Crippen molar-refractivity contribution >= 4 is 11.8 Å². The predicted octanol–water partition coefficient (Wildman–Crippen LogP) is 1.01. The van der Waals surface area contributed by atoms with Gasteiger partial charge in [0.1, 0.15) is 17.5 Å². The molecule has 1 aromatic heterocycles. The number of rotatable bonds is 3. The van der Waals surface area contributed by atoms with E-state index in [1.807, 2.05) is 24.3 Å². The van der Waals surface area contributed by atoms with Crippen LogP contribution < -0.4 is 11.5 Å². The highest BCUT2D eigenvalue weighted by atomic mass is 16.5. The topological polar surface area (TPSA) is 114 Å². The van der Waals surface area contributed by atoms with E-state index in [-0.39, 0.29) is 17.3 Å². The molecule has 118 valence electrons. The lowest BCUT2D eigenvalue weighted by Gasteiger charge is -2.27. The molecule has 2 aromatic rings. The average molecular weight is 310 g/mol. The second kappa shape index (κ2) is 6.60. The van der Waals surface area contributed by atoms with Crippen LogP contribution in [-0.2, 0) is 11.3 Å². The van der Waals surface area contributed by atoms with E-state index >= 15 is 0 Å². The van der Waals surface area contributed by atoms with Gasteiger partial charge in [0.05, 0.1) is 18.9 Å². The highest BCUT2D eigenvalue weighted by molar-refractivity contribution is 5.75. The van der Waals surface area contributed by atoms with Crippen molar-refractivity contribution in [2.24, 2.45) is 0 Å². The first kappa shape index (κ1) is 15.2. The SMILES string of the molecule is N#Cc1c(N)nc(N)nc1-c1ccccc1CN1CCOCC1. The standard InChI is InChI=1S/C16H18N6O/c17-9-13-14(20-16(19)21-15(13)18)12-4-2-1-3-11(12)10-22-5-7-23-8-6-22/h1-4H,5-8,10H2,(H4,18,19,20,21). The number of nitrogens with two attached hydrogens (primary N) is 2. The van der Waals surface area contributed by atoms with Crippen molar-refractivity contribution in [2.75, 3.05) is 37.8 Å². The Morgan fingerprint density at radius 3 is 2.65 bits per heavy atom. The highest BCUT2D eigenvalue weighted by Gasteiger charge is 2.18. The van der Waals surface area contributed by atoms with Gasteiger partial charge in [0, 0.05) is 25.2 Å². The first-order chi connectivity index (χ1) is 11.2. The summed E-state index contributed by atoms with van der Waals surface area (Å²) in [7, 11) is 0. The van der Waals surface area contributed by atoms with Gasteiger partial charge in [0.15, 0.2) is 0 Å². The zero-order valence-electron chi connectivity index (χ0n) is 12.7. The van der Waals surface area contributed by atoms with E-state index in [0.29, 0.717) is 5.69 Å². The molecule has 23 heavy (non-hydrogen) atoms.